The van der Waals surface area contributed by atoms with Gasteiger partial charge in [0.1, 0.15) is 0 Å². The molecule has 5 rings (SSSR count). The number of Topliss-reactive ketones (excluding diaryl/α,β-unsaturated/α-hetero) is 1. The number of nitrogens with one attached hydrogen (secondary N) is 2. The number of nitrogens with zero attached hydrogens (tertiary/aromatic N) is 2. The van der Waals surface area contributed by atoms with Crippen molar-refractivity contribution in [3.63, 3.8) is 0 Å². The monoisotopic (exact) mass is 484 g/mol. The molecule has 4 saturated heterocycles. The van der Waals surface area contributed by atoms with Crippen LogP contribution in [0.15, 0.2) is 24.3 Å². The average Bonchev–Trinajstić information content (AvgIpc) is 2.94. The molecule has 0 aromatic heterocycles. The topological polar surface area (TPSA) is 84.9 Å². The van der Waals surface area contributed by atoms with Crippen molar-refractivity contribution >= 4 is 11.8 Å². The number of carboxylic acids is 1. The number of aliphatic carboxylic acids is 1. The van der Waals surface area contributed by atoms with E-state index in [2.05, 4.69) is 45.0 Å². The molecule has 5 aliphatic rings. The minimum absolute atomic E-state index is 0.0994. The van der Waals surface area contributed by atoms with Crippen LogP contribution in [0.25, 0.3) is 0 Å². The molecule has 0 radical (unpaired) electrons. The van der Waals surface area contributed by atoms with E-state index in [1.54, 1.807) is 0 Å². The number of hydrogen-bond acceptors (Lipinski definition) is 6. The fourth-order valence-corrected chi connectivity index (χ4v) is 7.86. The Kier molecular flexibility index (Phi) is 7.78. The van der Waals surface area contributed by atoms with E-state index in [1.165, 1.54) is 19.3 Å². The molecule has 1 aliphatic carbocycles. The molecule has 3 N–H and O–H groups in total. The first-order chi connectivity index (χ1) is 17.1. The van der Waals surface area contributed by atoms with Gasteiger partial charge in [0.25, 0.3) is 0 Å². The zero-order valence-electron chi connectivity index (χ0n) is 21.2. The summed E-state index contributed by atoms with van der Waals surface area (Å²) in [4.78, 5) is 27.4. The summed E-state index contributed by atoms with van der Waals surface area (Å²) in [7, 11) is 0. The highest BCUT2D eigenvalue weighted by Gasteiger charge is 2.58. The third-order valence-corrected chi connectivity index (χ3v) is 9.80. The molecule has 0 spiro atoms. The number of ketones is 1. The Labute approximate surface area is 210 Å². The number of carboxylic acid groups (broad SMARTS) is 1. The van der Waals surface area contributed by atoms with Gasteiger partial charge in [-0.2, -0.15) is 0 Å². The molecule has 0 amide bonds. The van der Waals surface area contributed by atoms with Crippen LogP contribution in [0.1, 0.15) is 64.2 Å². The normalized spacial score (nSPS) is 35.1. The van der Waals surface area contributed by atoms with E-state index in [4.69, 9.17) is 0 Å². The van der Waals surface area contributed by atoms with Crippen molar-refractivity contribution in [2.45, 2.75) is 70.3 Å². The molecule has 4 heterocycles. The lowest BCUT2D eigenvalue weighted by molar-refractivity contribution is -0.169. The number of carbonyl (C=O) groups excluding carboxylic acids is 1. The van der Waals surface area contributed by atoms with Crippen molar-refractivity contribution in [1.82, 2.24) is 20.7 Å². The maximum Gasteiger partial charge on any atom is 0.306 e. The largest absolute Gasteiger partial charge is 0.481 e. The first-order valence-corrected chi connectivity index (χ1v) is 14.1. The second-order valence-corrected chi connectivity index (χ2v) is 11.5. The number of allylic oxidation sites excluding steroid dienone is 3. The number of hydrogen-bond donors (Lipinski definition) is 3. The van der Waals surface area contributed by atoms with Gasteiger partial charge in [-0.05, 0) is 89.9 Å². The maximum atomic E-state index is 15.2. The minimum Gasteiger partial charge on any atom is -0.481 e. The van der Waals surface area contributed by atoms with Gasteiger partial charge in [0.15, 0.2) is 5.78 Å². The molecule has 7 nitrogen and oxygen atoms in total. The highest BCUT2D eigenvalue weighted by molar-refractivity contribution is 5.94. The highest BCUT2D eigenvalue weighted by atomic mass is 16.4. The van der Waals surface area contributed by atoms with E-state index in [-0.39, 0.29) is 17.4 Å². The molecule has 0 bridgehead atoms. The Balaban J connectivity index is 1.55. The molecular formula is C28H44N4O3. The Morgan fingerprint density at radius 2 is 1.60 bits per heavy atom. The van der Waals surface area contributed by atoms with Gasteiger partial charge < -0.3 is 15.7 Å². The van der Waals surface area contributed by atoms with Crippen LogP contribution in [-0.2, 0) is 9.59 Å². The van der Waals surface area contributed by atoms with Crippen LogP contribution in [0.2, 0.25) is 0 Å². The summed E-state index contributed by atoms with van der Waals surface area (Å²) in [5.74, 6) is -0.289. The van der Waals surface area contributed by atoms with Gasteiger partial charge >= 0.3 is 5.97 Å². The van der Waals surface area contributed by atoms with E-state index in [0.29, 0.717) is 31.0 Å². The predicted octanol–water partition coefficient (Wildman–Crippen LogP) is 2.99. The molecule has 35 heavy (non-hydrogen) atoms. The summed E-state index contributed by atoms with van der Waals surface area (Å²) < 4.78 is 0. The van der Waals surface area contributed by atoms with Crippen molar-refractivity contribution < 1.29 is 14.7 Å². The molecule has 3 unspecified atom stereocenters. The Hall–Kier alpha value is -1.54. The zero-order chi connectivity index (χ0) is 24.3. The van der Waals surface area contributed by atoms with E-state index in [0.717, 1.165) is 71.5 Å². The van der Waals surface area contributed by atoms with Crippen LogP contribution >= 0.6 is 0 Å². The second-order valence-electron chi connectivity index (χ2n) is 11.5. The Morgan fingerprint density at radius 3 is 2.26 bits per heavy atom. The van der Waals surface area contributed by atoms with Crippen molar-refractivity contribution in [2.24, 2.45) is 22.7 Å². The molecule has 4 fully saturated rings. The van der Waals surface area contributed by atoms with Crippen LogP contribution in [0.4, 0.5) is 0 Å². The van der Waals surface area contributed by atoms with E-state index in [1.807, 2.05) is 0 Å². The average molecular weight is 485 g/mol. The van der Waals surface area contributed by atoms with Gasteiger partial charge in [0.05, 0.1) is 11.3 Å². The van der Waals surface area contributed by atoms with E-state index < -0.39 is 11.4 Å². The Morgan fingerprint density at radius 1 is 0.886 bits per heavy atom. The number of piperidine rings is 4. The van der Waals surface area contributed by atoms with E-state index >= 15 is 4.79 Å². The van der Waals surface area contributed by atoms with Crippen LogP contribution in [0.5, 0.6) is 0 Å². The summed E-state index contributed by atoms with van der Waals surface area (Å²) in [6, 6.07) is -0.0994. The predicted molar refractivity (Wildman–Crippen MR) is 137 cm³/mol. The number of carbonyl (C=O) groups is 2. The first-order valence-electron chi connectivity index (χ1n) is 14.1. The molecule has 0 saturated carbocycles. The van der Waals surface area contributed by atoms with Crippen molar-refractivity contribution in [2.75, 3.05) is 45.8 Å². The second kappa shape index (κ2) is 10.8. The van der Waals surface area contributed by atoms with E-state index in [9.17, 15) is 9.90 Å². The van der Waals surface area contributed by atoms with Gasteiger partial charge in [-0.15, -0.1) is 0 Å². The summed E-state index contributed by atoms with van der Waals surface area (Å²) in [6.07, 6.45) is 17.9. The summed E-state index contributed by atoms with van der Waals surface area (Å²) in [6.45, 7) is 6.52. The third-order valence-electron chi connectivity index (χ3n) is 9.80. The van der Waals surface area contributed by atoms with Gasteiger partial charge in [-0.3, -0.25) is 9.59 Å². The lowest BCUT2D eigenvalue weighted by Crippen LogP contribution is -2.65. The van der Waals surface area contributed by atoms with Gasteiger partial charge in [0.2, 0.25) is 0 Å². The SMILES string of the molecule is O=C(O)C1CCN(N2CCCCC2)C(C2(C(=O)C3(C4CCNCC4)CCNCC3)C=CC=CC2)C1. The molecule has 0 aromatic rings. The fraction of sp³-hybridized carbons (Fsp3) is 0.786. The highest BCUT2D eigenvalue weighted by Crippen LogP contribution is 2.52. The van der Waals surface area contributed by atoms with Gasteiger partial charge in [-0.25, -0.2) is 10.0 Å². The quantitative estimate of drug-likeness (QED) is 0.534. The van der Waals surface area contributed by atoms with Gasteiger partial charge in [-0.1, -0.05) is 30.7 Å². The van der Waals surface area contributed by atoms with Crippen LogP contribution in [0.3, 0.4) is 0 Å². The standard InChI is InChI=1S/C28H44N4O3/c33-25(34)22-9-20-32(31-18-5-2-6-19-31)24(21-22)28(10-3-1-4-11-28)26(35)27(12-16-30-17-13-27)23-7-14-29-15-8-23/h1,3-4,10,22-24,29-30H,2,5-9,11-21H2,(H,33,34). The van der Waals surface area contributed by atoms with Crippen molar-refractivity contribution in [3.05, 3.63) is 24.3 Å². The minimum atomic E-state index is -0.707. The van der Waals surface area contributed by atoms with Crippen molar-refractivity contribution in [3.8, 4) is 0 Å². The lowest BCUT2D eigenvalue weighted by Gasteiger charge is -2.56. The molecule has 7 heteroatoms. The summed E-state index contributed by atoms with van der Waals surface area (Å²) in [5, 5.41) is 21.9. The molecule has 4 aliphatic heterocycles. The first kappa shape index (κ1) is 25.1. The smallest absolute Gasteiger partial charge is 0.306 e. The molecule has 0 aromatic carbocycles. The fourth-order valence-electron chi connectivity index (χ4n) is 7.86. The maximum absolute atomic E-state index is 15.2. The van der Waals surface area contributed by atoms with Gasteiger partial charge in [0, 0.05) is 31.1 Å². The summed E-state index contributed by atoms with van der Waals surface area (Å²) in [5.41, 5.74) is -0.991. The van der Waals surface area contributed by atoms with Crippen LogP contribution in [-0.4, -0.2) is 78.7 Å². The molecule has 3 atom stereocenters. The third kappa shape index (κ3) is 4.77. The number of hydrazine groups is 1. The molecule has 194 valence electrons. The molecular weight excluding hydrogens is 440 g/mol. The van der Waals surface area contributed by atoms with Crippen LogP contribution < -0.4 is 10.6 Å². The Bertz CT molecular complexity index is 824. The van der Waals surface area contributed by atoms with Crippen LogP contribution in [0, 0.1) is 22.7 Å². The van der Waals surface area contributed by atoms with Crippen molar-refractivity contribution in [1.29, 1.82) is 0 Å². The number of rotatable bonds is 6. The summed E-state index contributed by atoms with van der Waals surface area (Å²) >= 11 is 0. The lowest BCUT2D eigenvalue weighted by atomic mass is 9.54. The zero-order valence-corrected chi connectivity index (χ0v) is 21.2.